The summed E-state index contributed by atoms with van der Waals surface area (Å²) in [4.78, 5) is 13.9. The largest absolute Gasteiger partial charge is 0.336 e. The average Bonchev–Trinajstić information content (AvgIpc) is 2.82. The third-order valence-corrected chi connectivity index (χ3v) is 4.26. The van der Waals surface area contributed by atoms with E-state index in [1.165, 1.54) is 12.8 Å². The Morgan fingerprint density at radius 3 is 2.38 bits per heavy atom. The molecule has 2 fully saturated rings. The molecule has 1 atom stereocenters. The maximum atomic E-state index is 11.8. The van der Waals surface area contributed by atoms with E-state index in [1.807, 2.05) is 0 Å². The van der Waals surface area contributed by atoms with E-state index in [0.29, 0.717) is 0 Å². The van der Waals surface area contributed by atoms with Crippen LogP contribution < -0.4 is 0 Å². The molecule has 1 saturated heterocycles. The summed E-state index contributed by atoms with van der Waals surface area (Å²) in [7, 11) is 0. The number of hydrogen-bond donors (Lipinski definition) is 0. The van der Waals surface area contributed by atoms with Crippen molar-refractivity contribution in [2.45, 2.75) is 43.5 Å². The lowest BCUT2D eigenvalue weighted by molar-refractivity contribution is -0.132. The Morgan fingerprint density at radius 2 is 2.00 bits per heavy atom. The first-order valence-corrected chi connectivity index (χ1v) is 5.90. The lowest BCUT2D eigenvalue weighted by Gasteiger charge is -2.36. The predicted molar refractivity (Wildman–Crippen MR) is 55.8 cm³/mol. The summed E-state index contributed by atoms with van der Waals surface area (Å²) in [5, 5.41) is 0. The fraction of sp³-hybridized carbons (Fsp3) is 0.900. The molecule has 3 heteroatoms. The Kier molecular flexibility index (Phi) is 2.17. The number of hydrogen-bond acceptors (Lipinski definition) is 1. The van der Waals surface area contributed by atoms with Crippen LogP contribution in [0.4, 0.5) is 0 Å². The van der Waals surface area contributed by atoms with E-state index < -0.39 is 0 Å². The Balaban J connectivity index is 2.11. The van der Waals surface area contributed by atoms with Gasteiger partial charge in [-0.05, 0) is 39.0 Å². The predicted octanol–water partition coefficient (Wildman–Crippen LogP) is 2.17. The minimum atomic E-state index is 0.0746. The van der Waals surface area contributed by atoms with Crippen molar-refractivity contribution in [1.82, 2.24) is 4.90 Å². The molecular weight excluding hydrogens is 230 g/mol. The van der Waals surface area contributed by atoms with Crippen molar-refractivity contribution in [2.24, 2.45) is 5.92 Å². The van der Waals surface area contributed by atoms with E-state index in [4.69, 9.17) is 0 Å². The van der Waals surface area contributed by atoms with Gasteiger partial charge in [-0.1, -0.05) is 15.9 Å². The second-order valence-electron chi connectivity index (χ2n) is 4.67. The second-order valence-corrected chi connectivity index (χ2v) is 5.78. The van der Waals surface area contributed by atoms with Crippen LogP contribution in [0.5, 0.6) is 0 Å². The van der Waals surface area contributed by atoms with Gasteiger partial charge in [-0.15, -0.1) is 0 Å². The molecule has 74 valence electrons. The van der Waals surface area contributed by atoms with E-state index >= 15 is 0 Å². The van der Waals surface area contributed by atoms with Gasteiger partial charge in [0.15, 0.2) is 0 Å². The number of rotatable bonds is 2. The minimum Gasteiger partial charge on any atom is -0.336 e. The summed E-state index contributed by atoms with van der Waals surface area (Å²) < 4.78 is 0. The minimum absolute atomic E-state index is 0.0746. The van der Waals surface area contributed by atoms with Crippen molar-refractivity contribution >= 4 is 21.8 Å². The zero-order valence-corrected chi connectivity index (χ0v) is 9.80. The Hall–Kier alpha value is -0.0500. The average molecular weight is 246 g/mol. The van der Waals surface area contributed by atoms with Gasteiger partial charge in [0, 0.05) is 12.1 Å². The van der Waals surface area contributed by atoms with Gasteiger partial charge < -0.3 is 4.90 Å². The first-order chi connectivity index (χ1) is 6.03. The van der Waals surface area contributed by atoms with E-state index in [-0.39, 0.29) is 16.3 Å². The molecule has 1 saturated carbocycles. The Labute approximate surface area is 87.8 Å². The van der Waals surface area contributed by atoms with Crippen molar-refractivity contribution in [3.8, 4) is 0 Å². The van der Waals surface area contributed by atoms with Gasteiger partial charge in [-0.2, -0.15) is 0 Å². The molecule has 2 rings (SSSR count). The van der Waals surface area contributed by atoms with Gasteiger partial charge >= 0.3 is 0 Å². The molecule has 0 aromatic heterocycles. The third-order valence-electron chi connectivity index (χ3n) is 3.41. The smallest absolute Gasteiger partial charge is 0.236 e. The lowest BCUT2D eigenvalue weighted by Crippen LogP contribution is -2.47. The van der Waals surface area contributed by atoms with Crippen LogP contribution in [0.3, 0.4) is 0 Å². The molecule has 0 aromatic carbocycles. The molecule has 0 bridgehead atoms. The number of alkyl halides is 1. The highest BCUT2D eigenvalue weighted by atomic mass is 79.9. The summed E-state index contributed by atoms with van der Waals surface area (Å²) in [6.45, 7) is 5.33. The molecule has 2 aliphatic rings. The topological polar surface area (TPSA) is 20.3 Å². The van der Waals surface area contributed by atoms with Crippen LogP contribution in [-0.4, -0.2) is 27.7 Å². The van der Waals surface area contributed by atoms with E-state index in [9.17, 15) is 4.79 Å². The number of carbonyl (C=O) groups excluding carboxylic acids is 1. The van der Waals surface area contributed by atoms with Gasteiger partial charge in [-0.3, -0.25) is 4.79 Å². The number of carbonyl (C=O) groups is 1. The number of nitrogens with zero attached hydrogens (tertiary/aromatic N) is 1. The quantitative estimate of drug-likeness (QED) is 0.684. The molecule has 0 N–H and O–H groups in total. The zero-order chi connectivity index (χ0) is 9.64. The highest BCUT2D eigenvalue weighted by molar-refractivity contribution is 9.10. The van der Waals surface area contributed by atoms with Crippen molar-refractivity contribution < 1.29 is 4.79 Å². The van der Waals surface area contributed by atoms with Gasteiger partial charge in [0.05, 0.1) is 4.83 Å². The first-order valence-electron chi connectivity index (χ1n) is 4.99. The molecule has 0 spiro atoms. The maximum absolute atomic E-state index is 11.8. The molecule has 1 aliphatic carbocycles. The summed E-state index contributed by atoms with van der Waals surface area (Å²) in [6, 6.07) is 0. The van der Waals surface area contributed by atoms with Crippen LogP contribution in [0.15, 0.2) is 0 Å². The van der Waals surface area contributed by atoms with Crippen molar-refractivity contribution in [1.29, 1.82) is 0 Å². The van der Waals surface area contributed by atoms with Crippen LogP contribution in [0, 0.1) is 5.92 Å². The second kappa shape index (κ2) is 2.97. The fourth-order valence-electron chi connectivity index (χ4n) is 2.23. The zero-order valence-electron chi connectivity index (χ0n) is 8.22. The molecule has 2 nitrogen and oxygen atoms in total. The van der Waals surface area contributed by atoms with Gasteiger partial charge in [0.1, 0.15) is 0 Å². The molecule has 1 aliphatic heterocycles. The fourth-order valence-corrected chi connectivity index (χ4v) is 2.68. The Morgan fingerprint density at radius 1 is 1.38 bits per heavy atom. The summed E-state index contributed by atoms with van der Waals surface area (Å²) in [6.07, 6.45) is 3.56. The van der Waals surface area contributed by atoms with E-state index in [1.54, 1.807) is 0 Å². The molecule has 0 radical (unpaired) electrons. The molecule has 1 amide bonds. The van der Waals surface area contributed by atoms with Crippen LogP contribution in [0.1, 0.15) is 33.1 Å². The number of amides is 1. The summed E-state index contributed by atoms with van der Waals surface area (Å²) >= 11 is 3.41. The van der Waals surface area contributed by atoms with Crippen LogP contribution in [0.2, 0.25) is 0 Å². The number of likely N-dealkylation sites (tertiary alicyclic amines) is 1. The molecule has 1 unspecified atom stereocenters. The summed E-state index contributed by atoms with van der Waals surface area (Å²) in [5.74, 6) is 1.03. The highest BCUT2D eigenvalue weighted by Crippen LogP contribution is 2.44. The van der Waals surface area contributed by atoms with Crippen molar-refractivity contribution in [3.63, 3.8) is 0 Å². The van der Waals surface area contributed by atoms with E-state index in [2.05, 4.69) is 34.7 Å². The molecule has 0 aromatic rings. The monoisotopic (exact) mass is 245 g/mol. The van der Waals surface area contributed by atoms with Gasteiger partial charge in [0.25, 0.3) is 0 Å². The highest BCUT2D eigenvalue weighted by Gasteiger charge is 2.47. The third kappa shape index (κ3) is 1.51. The maximum Gasteiger partial charge on any atom is 0.236 e. The van der Waals surface area contributed by atoms with E-state index in [0.717, 1.165) is 18.9 Å². The first kappa shape index (κ1) is 9.50. The van der Waals surface area contributed by atoms with Crippen LogP contribution >= 0.6 is 15.9 Å². The van der Waals surface area contributed by atoms with Crippen molar-refractivity contribution in [3.05, 3.63) is 0 Å². The van der Waals surface area contributed by atoms with Crippen molar-refractivity contribution in [2.75, 3.05) is 6.54 Å². The van der Waals surface area contributed by atoms with Gasteiger partial charge in [-0.25, -0.2) is 0 Å². The summed E-state index contributed by atoms with van der Waals surface area (Å²) in [5.41, 5.74) is 0.0968. The Bertz CT molecular complexity index is 235. The standard InChI is InChI=1S/C10H16BrNO/c1-10(2,7-3-4-7)12-6-5-8(11)9(12)13/h7-8H,3-6H2,1-2H3. The lowest BCUT2D eigenvalue weighted by atomic mass is 9.97. The number of halogens is 1. The van der Waals surface area contributed by atoms with Gasteiger partial charge in [0.2, 0.25) is 5.91 Å². The molecule has 1 heterocycles. The SMILES string of the molecule is CC(C)(C1CC1)N1CCC(Br)C1=O. The molecule has 13 heavy (non-hydrogen) atoms. The van der Waals surface area contributed by atoms with Crippen LogP contribution in [0.25, 0.3) is 0 Å². The van der Waals surface area contributed by atoms with Crippen LogP contribution in [-0.2, 0) is 4.79 Å². The normalized spacial score (nSPS) is 29.9. The molecular formula is C10H16BrNO.